The Morgan fingerprint density at radius 3 is 2.41 bits per heavy atom. The molecule has 1 N–H and O–H groups in total. The van der Waals surface area contributed by atoms with Gasteiger partial charge in [-0.05, 0) is 23.6 Å². The summed E-state index contributed by atoms with van der Waals surface area (Å²) in [7, 11) is -5.81. The molecule has 0 amide bonds. The molecule has 0 fully saturated rings. The second kappa shape index (κ2) is 5.16. The molecule has 1 unspecified atom stereocenters. The first-order chi connectivity index (χ1) is 9.93. The lowest BCUT2D eigenvalue weighted by Crippen LogP contribution is -2.26. The molecule has 1 aliphatic rings. The number of aliphatic hydroxyl groups excluding tert-OH is 1. The first-order valence-electron chi connectivity index (χ1n) is 6.45. The third-order valence-corrected chi connectivity index (χ3v) is 5.16. The van der Waals surface area contributed by atoms with Crippen molar-refractivity contribution in [2.24, 2.45) is 0 Å². The number of hydrogen-bond acceptors (Lipinski definition) is 3. The van der Waals surface area contributed by atoms with E-state index < -0.39 is 44.3 Å². The maximum atomic E-state index is 13.7. The quantitative estimate of drug-likeness (QED) is 0.857. The van der Waals surface area contributed by atoms with E-state index in [0.29, 0.717) is 24.5 Å². The van der Waals surface area contributed by atoms with Gasteiger partial charge in [0.1, 0.15) is 6.10 Å². The molecule has 0 bridgehead atoms. The van der Waals surface area contributed by atoms with Gasteiger partial charge in [-0.15, -0.1) is 0 Å². The first kappa shape index (κ1) is 17.1. The van der Waals surface area contributed by atoms with E-state index in [9.17, 15) is 35.5 Å². The molecule has 1 aromatic rings. The lowest BCUT2D eigenvalue weighted by molar-refractivity contribution is -0.0978. The van der Waals surface area contributed by atoms with Gasteiger partial charge in [-0.3, -0.25) is 0 Å². The van der Waals surface area contributed by atoms with Crippen LogP contribution in [0.25, 0.3) is 0 Å². The van der Waals surface area contributed by atoms with Crippen molar-refractivity contribution < 1.29 is 35.5 Å². The van der Waals surface area contributed by atoms with Crippen LogP contribution in [-0.2, 0) is 22.7 Å². The maximum absolute atomic E-state index is 13.7. The SMILES string of the molecule is CCCc1ccc(S(=O)(=O)C(F)(F)F)c2c1CC(F)(F)C2O. The smallest absolute Gasteiger partial charge is 0.382 e. The number of benzene rings is 1. The van der Waals surface area contributed by atoms with Crippen molar-refractivity contribution in [1.82, 2.24) is 0 Å². The van der Waals surface area contributed by atoms with Gasteiger partial charge < -0.3 is 5.11 Å². The minimum absolute atomic E-state index is 0.204. The molecule has 0 aliphatic heterocycles. The van der Waals surface area contributed by atoms with E-state index in [0.717, 1.165) is 6.07 Å². The lowest BCUT2D eigenvalue weighted by Gasteiger charge is -2.17. The van der Waals surface area contributed by atoms with Crippen LogP contribution in [0.4, 0.5) is 22.0 Å². The summed E-state index contributed by atoms with van der Waals surface area (Å²) in [5, 5.41) is 9.63. The Morgan fingerprint density at radius 1 is 1.32 bits per heavy atom. The van der Waals surface area contributed by atoms with Crippen LogP contribution in [0.5, 0.6) is 0 Å². The van der Waals surface area contributed by atoms with Crippen molar-refractivity contribution in [3.63, 3.8) is 0 Å². The predicted octanol–water partition coefficient (Wildman–Crippen LogP) is 3.16. The number of sulfone groups is 1. The van der Waals surface area contributed by atoms with E-state index in [1.807, 2.05) is 0 Å². The molecule has 0 aromatic heterocycles. The van der Waals surface area contributed by atoms with Gasteiger partial charge in [0.15, 0.2) is 0 Å². The number of hydrogen-bond donors (Lipinski definition) is 1. The summed E-state index contributed by atoms with van der Waals surface area (Å²) in [4.78, 5) is -1.29. The Bertz CT molecular complexity index is 694. The highest BCUT2D eigenvalue weighted by atomic mass is 32.2. The molecular weight excluding hydrogens is 331 g/mol. The van der Waals surface area contributed by atoms with E-state index in [1.54, 1.807) is 6.92 Å². The molecular formula is C13H13F5O3S. The molecule has 0 saturated heterocycles. The summed E-state index contributed by atoms with van der Waals surface area (Å²) < 4.78 is 88.6. The van der Waals surface area contributed by atoms with Gasteiger partial charge in [-0.2, -0.15) is 13.2 Å². The van der Waals surface area contributed by atoms with Crippen molar-refractivity contribution in [3.05, 3.63) is 28.8 Å². The maximum Gasteiger partial charge on any atom is 0.501 e. The average Bonchev–Trinajstić information content (AvgIpc) is 2.61. The number of rotatable bonds is 3. The van der Waals surface area contributed by atoms with Crippen LogP contribution < -0.4 is 0 Å². The topological polar surface area (TPSA) is 54.4 Å². The van der Waals surface area contributed by atoms with Crippen LogP contribution in [0.3, 0.4) is 0 Å². The summed E-state index contributed by atoms with van der Waals surface area (Å²) in [5.41, 5.74) is -6.32. The predicted molar refractivity (Wildman–Crippen MR) is 67.3 cm³/mol. The second-order valence-electron chi connectivity index (χ2n) is 5.15. The molecule has 0 saturated carbocycles. The molecule has 22 heavy (non-hydrogen) atoms. The Kier molecular flexibility index (Phi) is 4.02. The fraction of sp³-hybridized carbons (Fsp3) is 0.538. The van der Waals surface area contributed by atoms with Crippen molar-refractivity contribution >= 4 is 9.84 Å². The van der Waals surface area contributed by atoms with Crippen LogP contribution in [-0.4, -0.2) is 25.0 Å². The van der Waals surface area contributed by atoms with E-state index in [2.05, 4.69) is 0 Å². The summed E-state index contributed by atoms with van der Waals surface area (Å²) in [6.45, 7) is 1.75. The standard InChI is InChI=1S/C13H13F5O3S/c1-2-3-7-4-5-9(22(20,21)13(16,17)18)10-8(7)6-12(14,15)11(10)19/h4-5,11,19H,2-3,6H2,1H3. The molecule has 0 heterocycles. The van der Waals surface area contributed by atoms with Crippen LogP contribution >= 0.6 is 0 Å². The second-order valence-corrected chi connectivity index (χ2v) is 7.06. The largest absolute Gasteiger partial charge is 0.501 e. The van der Waals surface area contributed by atoms with Crippen LogP contribution in [0.15, 0.2) is 17.0 Å². The van der Waals surface area contributed by atoms with Crippen molar-refractivity contribution in [1.29, 1.82) is 0 Å². The number of halogens is 5. The van der Waals surface area contributed by atoms with Crippen molar-refractivity contribution in [2.75, 3.05) is 0 Å². The summed E-state index contributed by atoms with van der Waals surface area (Å²) >= 11 is 0. The van der Waals surface area contributed by atoms with E-state index in [4.69, 9.17) is 0 Å². The highest BCUT2D eigenvalue weighted by Crippen LogP contribution is 2.48. The fourth-order valence-electron chi connectivity index (χ4n) is 2.60. The van der Waals surface area contributed by atoms with Crippen LogP contribution in [0, 0.1) is 0 Å². The Morgan fingerprint density at radius 2 is 1.91 bits per heavy atom. The monoisotopic (exact) mass is 344 g/mol. The third kappa shape index (κ3) is 2.50. The van der Waals surface area contributed by atoms with Gasteiger partial charge in [-0.1, -0.05) is 19.4 Å². The van der Waals surface area contributed by atoms with Gasteiger partial charge in [0.2, 0.25) is 0 Å². The molecule has 124 valence electrons. The summed E-state index contributed by atoms with van der Waals surface area (Å²) in [6.07, 6.45) is -2.69. The number of aryl methyl sites for hydroxylation is 1. The van der Waals surface area contributed by atoms with Crippen molar-refractivity contribution in [2.45, 2.75) is 48.6 Å². The first-order valence-corrected chi connectivity index (χ1v) is 7.93. The van der Waals surface area contributed by atoms with Gasteiger partial charge >= 0.3 is 5.51 Å². The molecule has 1 aromatic carbocycles. The number of aliphatic hydroxyl groups is 1. The molecule has 0 radical (unpaired) electrons. The lowest BCUT2D eigenvalue weighted by atomic mass is 9.99. The van der Waals surface area contributed by atoms with Crippen molar-refractivity contribution in [3.8, 4) is 0 Å². The molecule has 0 spiro atoms. The Hall–Kier alpha value is -1.22. The van der Waals surface area contributed by atoms with E-state index in [-0.39, 0.29) is 5.56 Å². The zero-order valence-electron chi connectivity index (χ0n) is 11.4. The van der Waals surface area contributed by atoms with Crippen LogP contribution in [0.1, 0.15) is 36.1 Å². The van der Waals surface area contributed by atoms with Crippen LogP contribution in [0.2, 0.25) is 0 Å². The zero-order valence-corrected chi connectivity index (χ0v) is 12.2. The van der Waals surface area contributed by atoms with Gasteiger partial charge in [0.25, 0.3) is 15.8 Å². The molecule has 3 nitrogen and oxygen atoms in total. The highest BCUT2D eigenvalue weighted by Gasteiger charge is 2.54. The minimum Gasteiger partial charge on any atom is -0.382 e. The molecule has 9 heteroatoms. The highest BCUT2D eigenvalue weighted by molar-refractivity contribution is 7.92. The van der Waals surface area contributed by atoms with E-state index >= 15 is 0 Å². The molecule has 1 atom stereocenters. The minimum atomic E-state index is -5.81. The van der Waals surface area contributed by atoms with Gasteiger partial charge in [-0.25, -0.2) is 17.2 Å². The summed E-state index contributed by atoms with van der Waals surface area (Å²) in [5.74, 6) is -3.69. The zero-order chi connectivity index (χ0) is 16.9. The molecule has 2 rings (SSSR count). The third-order valence-electron chi connectivity index (χ3n) is 3.61. The Labute approximate surface area is 123 Å². The van der Waals surface area contributed by atoms with Gasteiger partial charge in [0.05, 0.1) is 4.90 Å². The number of alkyl halides is 5. The number of fused-ring (bicyclic) bond motifs is 1. The molecule has 1 aliphatic carbocycles. The normalized spacial score (nSPS) is 21.0. The summed E-state index contributed by atoms with van der Waals surface area (Å²) in [6, 6.07) is 1.76. The Balaban J connectivity index is 2.75. The fourth-order valence-corrected chi connectivity index (χ4v) is 3.62. The average molecular weight is 344 g/mol. The van der Waals surface area contributed by atoms with Gasteiger partial charge in [0, 0.05) is 12.0 Å². The van der Waals surface area contributed by atoms with E-state index in [1.165, 1.54) is 0 Å².